The fourth-order valence-electron chi connectivity index (χ4n) is 2.01. The number of halogens is 1. The van der Waals surface area contributed by atoms with Crippen LogP contribution in [-0.2, 0) is 6.54 Å². The Labute approximate surface area is 115 Å². The largest absolute Gasteiger partial charge is 0.371 e. The summed E-state index contributed by atoms with van der Waals surface area (Å²) in [6.45, 7) is 5.35. The minimum absolute atomic E-state index is 0.512. The zero-order chi connectivity index (χ0) is 13.1. The molecule has 18 heavy (non-hydrogen) atoms. The molecule has 1 fully saturated rings. The van der Waals surface area contributed by atoms with Crippen LogP contribution >= 0.6 is 11.6 Å². The Morgan fingerprint density at radius 2 is 2.17 bits per heavy atom. The molecule has 2 nitrogen and oxygen atoms in total. The molecule has 0 aromatic heterocycles. The van der Waals surface area contributed by atoms with Gasteiger partial charge in [-0.05, 0) is 43.9 Å². The molecule has 1 aliphatic carbocycles. The lowest BCUT2D eigenvalue weighted by molar-refractivity contribution is 0.663. The minimum atomic E-state index is 0.512. The van der Waals surface area contributed by atoms with Gasteiger partial charge < -0.3 is 10.2 Å². The maximum absolute atomic E-state index is 6.39. The van der Waals surface area contributed by atoms with Crippen LogP contribution in [0.4, 0.5) is 5.69 Å². The van der Waals surface area contributed by atoms with E-state index in [2.05, 4.69) is 49.3 Å². The molecule has 0 spiro atoms. The van der Waals surface area contributed by atoms with Crippen molar-refractivity contribution < 1.29 is 0 Å². The van der Waals surface area contributed by atoms with E-state index < -0.39 is 0 Å². The van der Waals surface area contributed by atoms with Gasteiger partial charge in [0.25, 0.3) is 0 Å². The highest BCUT2D eigenvalue weighted by Gasteiger charge is 2.20. The molecule has 0 amide bonds. The van der Waals surface area contributed by atoms with Gasteiger partial charge in [0, 0.05) is 25.7 Å². The second-order valence-electron chi connectivity index (χ2n) is 5.31. The normalized spacial score (nSPS) is 16.7. The topological polar surface area (TPSA) is 15.3 Å². The van der Waals surface area contributed by atoms with Crippen LogP contribution in [0.3, 0.4) is 0 Å². The first-order chi connectivity index (χ1) is 8.61. The molecule has 1 aromatic rings. The Bertz CT molecular complexity index is 401. The van der Waals surface area contributed by atoms with Crippen molar-refractivity contribution in [1.82, 2.24) is 5.32 Å². The Balaban J connectivity index is 2.03. The Morgan fingerprint density at radius 3 is 2.72 bits per heavy atom. The van der Waals surface area contributed by atoms with E-state index in [4.69, 9.17) is 11.6 Å². The zero-order valence-corrected chi connectivity index (χ0v) is 12.3. The Hall–Kier alpha value is -0.730. The first kappa shape index (κ1) is 13.7. The average Bonchev–Trinajstić information content (AvgIpc) is 3.18. The number of rotatable bonds is 6. The number of nitrogens with one attached hydrogen (secondary N) is 1. The number of anilines is 1. The zero-order valence-electron chi connectivity index (χ0n) is 11.5. The second kappa shape index (κ2) is 5.94. The van der Waals surface area contributed by atoms with E-state index in [0.29, 0.717) is 6.04 Å². The average molecular weight is 267 g/mol. The Morgan fingerprint density at radius 1 is 1.44 bits per heavy atom. The van der Waals surface area contributed by atoms with E-state index in [-0.39, 0.29) is 0 Å². The maximum atomic E-state index is 6.39. The van der Waals surface area contributed by atoms with E-state index in [1.165, 1.54) is 18.4 Å². The Kier molecular flexibility index (Phi) is 4.52. The molecule has 3 heteroatoms. The monoisotopic (exact) mass is 266 g/mol. The van der Waals surface area contributed by atoms with Gasteiger partial charge in [-0.25, -0.2) is 0 Å². The van der Waals surface area contributed by atoms with Crippen LogP contribution in [0.15, 0.2) is 18.2 Å². The first-order valence-corrected chi connectivity index (χ1v) is 7.24. The van der Waals surface area contributed by atoms with Crippen LogP contribution in [-0.4, -0.2) is 19.1 Å². The van der Waals surface area contributed by atoms with Crippen LogP contribution in [0.5, 0.6) is 0 Å². The number of benzene rings is 1. The molecule has 100 valence electrons. The molecule has 1 unspecified atom stereocenters. The summed E-state index contributed by atoms with van der Waals surface area (Å²) in [6, 6.07) is 7.66. The van der Waals surface area contributed by atoms with Gasteiger partial charge in [-0.3, -0.25) is 0 Å². The standard InChI is InChI=1S/C15H23ClN2/c1-4-11(2)18(3)15-8-5-12(9-14(15)16)10-17-13-6-7-13/h5,8-9,11,13,17H,4,6-7,10H2,1-3H3. The van der Waals surface area contributed by atoms with Gasteiger partial charge in [0.2, 0.25) is 0 Å². The van der Waals surface area contributed by atoms with E-state index in [1.807, 2.05) is 0 Å². The van der Waals surface area contributed by atoms with Gasteiger partial charge >= 0.3 is 0 Å². The molecule has 1 aliphatic rings. The third kappa shape index (κ3) is 3.39. The van der Waals surface area contributed by atoms with E-state index in [9.17, 15) is 0 Å². The van der Waals surface area contributed by atoms with E-state index in [1.54, 1.807) is 0 Å². The molecule has 2 rings (SSSR count). The third-order valence-corrected chi connectivity index (χ3v) is 4.12. The van der Waals surface area contributed by atoms with Crippen LogP contribution in [0, 0.1) is 0 Å². The predicted molar refractivity (Wildman–Crippen MR) is 79.5 cm³/mol. The molecule has 1 aromatic carbocycles. The van der Waals surface area contributed by atoms with Crippen molar-refractivity contribution in [3.63, 3.8) is 0 Å². The van der Waals surface area contributed by atoms with Crippen molar-refractivity contribution in [1.29, 1.82) is 0 Å². The van der Waals surface area contributed by atoms with Crippen LogP contribution in [0.1, 0.15) is 38.7 Å². The van der Waals surface area contributed by atoms with Crippen molar-refractivity contribution in [3.05, 3.63) is 28.8 Å². The lowest BCUT2D eigenvalue weighted by Crippen LogP contribution is -2.28. The summed E-state index contributed by atoms with van der Waals surface area (Å²) in [7, 11) is 2.11. The van der Waals surface area contributed by atoms with Gasteiger partial charge in [-0.1, -0.05) is 24.6 Å². The first-order valence-electron chi connectivity index (χ1n) is 6.86. The van der Waals surface area contributed by atoms with E-state index in [0.717, 1.165) is 29.7 Å². The smallest absolute Gasteiger partial charge is 0.0642 e. The molecule has 0 heterocycles. The summed E-state index contributed by atoms with van der Waals surface area (Å²) in [5.41, 5.74) is 2.40. The SMILES string of the molecule is CCC(C)N(C)c1ccc(CNC2CC2)cc1Cl. The van der Waals surface area contributed by atoms with Crippen LogP contribution in [0.2, 0.25) is 5.02 Å². The van der Waals surface area contributed by atoms with Gasteiger partial charge in [0.15, 0.2) is 0 Å². The molecule has 0 aliphatic heterocycles. The fourth-order valence-corrected chi connectivity index (χ4v) is 2.34. The van der Waals surface area contributed by atoms with Crippen molar-refractivity contribution >= 4 is 17.3 Å². The molecule has 0 saturated heterocycles. The van der Waals surface area contributed by atoms with Crippen LogP contribution in [0.25, 0.3) is 0 Å². The molecule has 1 saturated carbocycles. The number of hydrogen-bond acceptors (Lipinski definition) is 2. The summed E-state index contributed by atoms with van der Waals surface area (Å²) in [5.74, 6) is 0. The second-order valence-corrected chi connectivity index (χ2v) is 5.72. The van der Waals surface area contributed by atoms with E-state index >= 15 is 0 Å². The fraction of sp³-hybridized carbons (Fsp3) is 0.600. The summed E-state index contributed by atoms with van der Waals surface area (Å²) in [4.78, 5) is 2.25. The predicted octanol–water partition coefficient (Wildman–Crippen LogP) is 3.83. The van der Waals surface area contributed by atoms with Crippen LogP contribution < -0.4 is 10.2 Å². The lowest BCUT2D eigenvalue weighted by Gasteiger charge is -2.27. The summed E-state index contributed by atoms with van der Waals surface area (Å²) >= 11 is 6.39. The highest BCUT2D eigenvalue weighted by molar-refractivity contribution is 6.33. The maximum Gasteiger partial charge on any atom is 0.0642 e. The molecular formula is C15H23ClN2. The third-order valence-electron chi connectivity index (χ3n) is 3.82. The molecule has 1 atom stereocenters. The molecule has 1 N–H and O–H groups in total. The minimum Gasteiger partial charge on any atom is -0.371 e. The summed E-state index contributed by atoms with van der Waals surface area (Å²) < 4.78 is 0. The van der Waals surface area contributed by atoms with Crippen molar-refractivity contribution in [2.75, 3.05) is 11.9 Å². The molecular weight excluding hydrogens is 244 g/mol. The number of nitrogens with zero attached hydrogens (tertiary/aromatic N) is 1. The molecule has 0 radical (unpaired) electrons. The summed E-state index contributed by atoms with van der Waals surface area (Å²) in [6.07, 6.45) is 3.77. The van der Waals surface area contributed by atoms with Crippen molar-refractivity contribution in [2.45, 2.75) is 51.7 Å². The van der Waals surface area contributed by atoms with Gasteiger partial charge in [-0.15, -0.1) is 0 Å². The molecule has 0 bridgehead atoms. The van der Waals surface area contributed by atoms with Crippen molar-refractivity contribution in [2.24, 2.45) is 0 Å². The van der Waals surface area contributed by atoms with Gasteiger partial charge in [0.1, 0.15) is 0 Å². The number of hydrogen-bond donors (Lipinski definition) is 1. The quantitative estimate of drug-likeness (QED) is 0.842. The van der Waals surface area contributed by atoms with Crippen molar-refractivity contribution in [3.8, 4) is 0 Å². The summed E-state index contributed by atoms with van der Waals surface area (Å²) in [5, 5.41) is 4.37. The highest BCUT2D eigenvalue weighted by atomic mass is 35.5. The van der Waals surface area contributed by atoms with Gasteiger partial charge in [-0.2, -0.15) is 0 Å². The lowest BCUT2D eigenvalue weighted by atomic mass is 10.1. The van der Waals surface area contributed by atoms with Gasteiger partial charge in [0.05, 0.1) is 10.7 Å². The highest BCUT2D eigenvalue weighted by Crippen LogP contribution is 2.28.